The molecule has 9 heteroatoms. The third-order valence-corrected chi connectivity index (χ3v) is 4.03. The number of likely N-dealkylation sites (tertiary alicyclic amines) is 1. The molecule has 0 unspecified atom stereocenters. The van der Waals surface area contributed by atoms with Gasteiger partial charge in [0.15, 0.2) is 0 Å². The molecule has 7 nitrogen and oxygen atoms in total. The van der Waals surface area contributed by atoms with Crippen LogP contribution in [0.1, 0.15) is 29.9 Å². The van der Waals surface area contributed by atoms with Gasteiger partial charge in [-0.1, -0.05) is 0 Å². The van der Waals surface area contributed by atoms with E-state index in [1.54, 1.807) is 17.0 Å². The van der Waals surface area contributed by atoms with E-state index in [0.717, 1.165) is 5.76 Å². The van der Waals surface area contributed by atoms with Gasteiger partial charge in [-0.05, 0) is 19.1 Å². The molecule has 1 saturated heterocycles. The van der Waals surface area contributed by atoms with Crippen LogP contribution in [0.5, 0.6) is 0 Å². The van der Waals surface area contributed by atoms with Crippen molar-refractivity contribution in [2.75, 3.05) is 6.54 Å². The first-order valence-electron chi connectivity index (χ1n) is 7.77. The van der Waals surface area contributed by atoms with Crippen molar-refractivity contribution in [2.24, 2.45) is 0 Å². The van der Waals surface area contributed by atoms with Gasteiger partial charge < -0.3 is 8.83 Å². The van der Waals surface area contributed by atoms with Crippen molar-refractivity contribution in [3.63, 3.8) is 0 Å². The number of halogens is 2. The van der Waals surface area contributed by atoms with Crippen LogP contribution in [-0.2, 0) is 6.54 Å². The molecular formula is C16H15F2N5O2. The van der Waals surface area contributed by atoms with Crippen LogP contribution < -0.4 is 0 Å². The molecule has 0 N–H and O–H groups in total. The van der Waals surface area contributed by atoms with Crippen LogP contribution in [0, 0.1) is 6.92 Å². The summed E-state index contributed by atoms with van der Waals surface area (Å²) in [5.74, 6) is -1.17. The van der Waals surface area contributed by atoms with Crippen molar-refractivity contribution < 1.29 is 17.6 Å². The van der Waals surface area contributed by atoms with Crippen molar-refractivity contribution in [3.05, 3.63) is 48.1 Å². The fraction of sp³-hybridized carbons (Fsp3) is 0.375. The van der Waals surface area contributed by atoms with Crippen LogP contribution in [0.2, 0.25) is 0 Å². The van der Waals surface area contributed by atoms with Crippen LogP contribution in [-0.4, -0.2) is 37.5 Å². The molecule has 3 aromatic rings. The van der Waals surface area contributed by atoms with Crippen LogP contribution in [0.25, 0.3) is 11.6 Å². The maximum absolute atomic E-state index is 14.0. The number of nitrogens with zero attached hydrogens (tertiary/aromatic N) is 5. The summed E-state index contributed by atoms with van der Waals surface area (Å²) >= 11 is 0. The molecule has 0 radical (unpaired) electrons. The number of hydrogen-bond donors (Lipinski definition) is 0. The number of alkyl halides is 2. The minimum Gasteiger partial charge on any atom is -0.465 e. The number of rotatable bonds is 4. The van der Waals surface area contributed by atoms with Gasteiger partial charge in [-0.25, -0.2) is 13.8 Å². The Morgan fingerprint density at radius 3 is 2.84 bits per heavy atom. The lowest BCUT2D eigenvalue weighted by Crippen LogP contribution is -2.26. The second-order valence-electron chi connectivity index (χ2n) is 6.03. The first kappa shape index (κ1) is 15.8. The minimum atomic E-state index is -2.83. The Morgan fingerprint density at radius 1 is 1.24 bits per heavy atom. The van der Waals surface area contributed by atoms with Crippen LogP contribution in [0.4, 0.5) is 8.78 Å². The van der Waals surface area contributed by atoms with E-state index in [1.165, 1.54) is 18.6 Å². The molecule has 0 aliphatic carbocycles. The molecule has 1 atom stereocenters. The van der Waals surface area contributed by atoms with Crippen LogP contribution in [0.3, 0.4) is 0 Å². The smallest absolute Gasteiger partial charge is 0.267 e. The normalized spacial score (nSPS) is 20.2. The molecule has 0 aromatic carbocycles. The van der Waals surface area contributed by atoms with Crippen molar-refractivity contribution in [3.8, 4) is 11.6 Å². The monoisotopic (exact) mass is 347 g/mol. The Morgan fingerprint density at radius 2 is 2.12 bits per heavy atom. The maximum atomic E-state index is 14.0. The third-order valence-electron chi connectivity index (χ3n) is 4.03. The number of furan rings is 1. The molecule has 4 heterocycles. The summed E-state index contributed by atoms with van der Waals surface area (Å²) in [7, 11) is 0. The van der Waals surface area contributed by atoms with E-state index in [2.05, 4.69) is 20.2 Å². The SMILES string of the molecule is Cc1ccc(CN2CC(F)(F)C[C@H]2c2nnc(-c3cnccn3)o2)o1. The highest BCUT2D eigenvalue weighted by Crippen LogP contribution is 2.41. The second kappa shape index (κ2) is 5.99. The summed E-state index contributed by atoms with van der Waals surface area (Å²) in [5.41, 5.74) is 0.402. The zero-order chi connectivity index (χ0) is 17.4. The number of aryl methyl sites for hydroxylation is 1. The second-order valence-corrected chi connectivity index (χ2v) is 6.03. The van der Waals surface area contributed by atoms with Crippen LogP contribution in [0.15, 0.2) is 39.6 Å². The van der Waals surface area contributed by atoms with E-state index in [9.17, 15) is 8.78 Å². The molecule has 0 spiro atoms. The van der Waals surface area contributed by atoms with E-state index >= 15 is 0 Å². The van der Waals surface area contributed by atoms with Gasteiger partial charge in [-0.2, -0.15) is 0 Å². The number of aromatic nitrogens is 4. The lowest BCUT2D eigenvalue weighted by Gasteiger charge is -2.19. The maximum Gasteiger partial charge on any atom is 0.267 e. The molecular weight excluding hydrogens is 332 g/mol. The summed E-state index contributed by atoms with van der Waals surface area (Å²) in [5, 5.41) is 7.86. The van der Waals surface area contributed by atoms with E-state index in [0.29, 0.717) is 11.5 Å². The van der Waals surface area contributed by atoms with E-state index in [4.69, 9.17) is 8.83 Å². The molecule has 3 aromatic heterocycles. The van der Waals surface area contributed by atoms with Crippen LogP contribution >= 0.6 is 0 Å². The molecule has 1 aliphatic heterocycles. The summed E-state index contributed by atoms with van der Waals surface area (Å²) < 4.78 is 39.1. The topological polar surface area (TPSA) is 81.1 Å². The predicted octanol–water partition coefficient (Wildman–Crippen LogP) is 3.01. The van der Waals surface area contributed by atoms with Gasteiger partial charge in [0.2, 0.25) is 5.89 Å². The Hall–Kier alpha value is -2.68. The molecule has 4 rings (SSSR count). The Balaban J connectivity index is 1.59. The van der Waals surface area contributed by atoms with Gasteiger partial charge >= 0.3 is 0 Å². The summed E-state index contributed by atoms with van der Waals surface area (Å²) in [6, 6.07) is 2.90. The summed E-state index contributed by atoms with van der Waals surface area (Å²) in [4.78, 5) is 9.59. The predicted molar refractivity (Wildman–Crippen MR) is 81.5 cm³/mol. The zero-order valence-corrected chi connectivity index (χ0v) is 13.4. The molecule has 130 valence electrons. The molecule has 0 bridgehead atoms. The molecule has 25 heavy (non-hydrogen) atoms. The zero-order valence-electron chi connectivity index (χ0n) is 13.4. The van der Waals surface area contributed by atoms with E-state index in [1.807, 2.05) is 6.92 Å². The van der Waals surface area contributed by atoms with Gasteiger partial charge in [-0.3, -0.25) is 9.88 Å². The Bertz CT molecular complexity index is 864. The van der Waals surface area contributed by atoms with Gasteiger partial charge in [0.05, 0.1) is 25.3 Å². The Labute approximate surface area is 141 Å². The van der Waals surface area contributed by atoms with Gasteiger partial charge in [0.25, 0.3) is 11.8 Å². The largest absolute Gasteiger partial charge is 0.465 e. The highest BCUT2D eigenvalue weighted by atomic mass is 19.3. The fourth-order valence-corrected chi connectivity index (χ4v) is 2.95. The van der Waals surface area contributed by atoms with Crippen molar-refractivity contribution in [1.82, 2.24) is 25.1 Å². The van der Waals surface area contributed by atoms with Crippen molar-refractivity contribution in [2.45, 2.75) is 31.9 Å². The Kier molecular flexibility index (Phi) is 3.79. The lowest BCUT2D eigenvalue weighted by atomic mass is 10.2. The van der Waals surface area contributed by atoms with E-state index < -0.39 is 12.0 Å². The van der Waals surface area contributed by atoms with Gasteiger partial charge in [-0.15, -0.1) is 10.2 Å². The average molecular weight is 347 g/mol. The first-order chi connectivity index (χ1) is 12.0. The highest BCUT2D eigenvalue weighted by molar-refractivity contribution is 5.43. The number of hydrogen-bond acceptors (Lipinski definition) is 7. The third kappa shape index (κ3) is 3.27. The van der Waals surface area contributed by atoms with Crippen molar-refractivity contribution >= 4 is 0 Å². The molecule has 0 saturated carbocycles. The molecule has 1 fully saturated rings. The van der Waals surface area contributed by atoms with Gasteiger partial charge in [0.1, 0.15) is 17.2 Å². The lowest BCUT2D eigenvalue weighted by molar-refractivity contribution is 0.0108. The molecule has 0 amide bonds. The average Bonchev–Trinajstić information content (AvgIpc) is 3.28. The fourth-order valence-electron chi connectivity index (χ4n) is 2.95. The summed E-state index contributed by atoms with van der Waals surface area (Å²) in [6.45, 7) is 1.67. The first-order valence-corrected chi connectivity index (χ1v) is 7.77. The van der Waals surface area contributed by atoms with Crippen molar-refractivity contribution in [1.29, 1.82) is 0 Å². The minimum absolute atomic E-state index is 0.140. The highest BCUT2D eigenvalue weighted by Gasteiger charge is 2.48. The molecule has 1 aliphatic rings. The summed E-state index contributed by atoms with van der Waals surface area (Å²) in [6.07, 6.45) is 4.11. The van der Waals surface area contributed by atoms with Gasteiger partial charge in [0, 0.05) is 18.8 Å². The van der Waals surface area contributed by atoms with E-state index in [-0.39, 0.29) is 31.3 Å². The standard InChI is InChI=1S/C16H15F2N5O2/c1-10-2-3-11(24-10)8-23-9-16(17,18)6-13(23)15-22-21-14(25-15)12-7-19-4-5-20-12/h2-5,7,13H,6,8-9H2,1H3/t13-/m0/s1. The quantitative estimate of drug-likeness (QED) is 0.717.